The molecule has 0 amide bonds. The normalized spacial score (nSPS) is 12.4. The Morgan fingerprint density at radius 1 is 1.25 bits per heavy atom. The largest absolute Gasteiger partial charge is 0.495 e. The van der Waals surface area contributed by atoms with E-state index in [1.54, 1.807) is 10.9 Å². The molecule has 0 saturated carbocycles. The molecular formula is C20H30BrN3O5SiY2. The summed E-state index contributed by atoms with van der Waals surface area (Å²) < 4.78 is 11.8. The third-order valence-electron chi connectivity index (χ3n) is 4.92. The summed E-state index contributed by atoms with van der Waals surface area (Å²) in [7, 11) is -2.26. The van der Waals surface area contributed by atoms with Crippen molar-refractivity contribution in [3.8, 4) is 0 Å². The van der Waals surface area contributed by atoms with Gasteiger partial charge in [-0.3, -0.25) is 9.48 Å². The van der Waals surface area contributed by atoms with Crippen LogP contribution in [0.25, 0.3) is 0 Å². The van der Waals surface area contributed by atoms with Gasteiger partial charge in [0.1, 0.15) is 12.3 Å². The molecule has 2 aromatic rings. The zero-order chi connectivity index (χ0) is 22.2. The number of halogens is 1. The second-order valence-electron chi connectivity index (χ2n) is 7.95. The first-order valence-electron chi connectivity index (χ1n) is 9.84. The maximum atomic E-state index is 12.7. The van der Waals surface area contributed by atoms with Gasteiger partial charge < -0.3 is 18.8 Å². The van der Waals surface area contributed by atoms with Gasteiger partial charge in [0.15, 0.2) is 0 Å². The molecule has 1 aromatic heterocycles. The first-order valence-corrected chi connectivity index (χ1v) is 13.0. The Bertz CT molecular complexity index is 812. The smallest absolute Gasteiger partial charge is 0.459 e. The third kappa shape index (κ3) is 10.9. The minimum Gasteiger partial charge on any atom is -0.459 e. The minimum absolute atomic E-state index is 0. The van der Waals surface area contributed by atoms with Gasteiger partial charge in [-0.2, -0.15) is 0 Å². The van der Waals surface area contributed by atoms with E-state index < -0.39 is 14.2 Å². The fourth-order valence-electron chi connectivity index (χ4n) is 3.11. The number of benzene rings is 1. The van der Waals surface area contributed by atoms with Crippen LogP contribution >= 0.6 is 15.9 Å². The Morgan fingerprint density at radius 2 is 1.91 bits per heavy atom. The Balaban J connectivity index is 0.00000480. The molecular weight excluding hydrogens is 648 g/mol. The fourth-order valence-corrected chi connectivity index (χ4v) is 4.53. The number of hydrogen-bond acceptors (Lipinski definition) is 7. The molecule has 0 aliphatic rings. The molecule has 0 fully saturated rings. The van der Waals surface area contributed by atoms with Crippen LogP contribution in [-0.4, -0.2) is 51.8 Å². The summed E-state index contributed by atoms with van der Waals surface area (Å²) >= 11 is 3.56. The number of esters is 1. The topological polar surface area (TPSA) is 107 Å². The summed E-state index contributed by atoms with van der Waals surface area (Å²) in [6, 6.07) is 10.3. The molecule has 1 heterocycles. The summed E-state index contributed by atoms with van der Waals surface area (Å²) in [6.45, 7) is 4.29. The van der Waals surface area contributed by atoms with Gasteiger partial charge in [-0.05, 0) is 38.2 Å². The van der Waals surface area contributed by atoms with Crippen molar-refractivity contribution in [1.29, 1.82) is 0 Å². The predicted molar refractivity (Wildman–Crippen MR) is 118 cm³/mol. The van der Waals surface area contributed by atoms with Crippen LogP contribution in [0.1, 0.15) is 43.9 Å². The van der Waals surface area contributed by atoms with E-state index in [0.29, 0.717) is 25.1 Å². The van der Waals surface area contributed by atoms with E-state index in [-0.39, 0.29) is 90.0 Å². The van der Waals surface area contributed by atoms with Gasteiger partial charge in [-0.25, -0.2) is 0 Å². The van der Waals surface area contributed by atoms with Crippen molar-refractivity contribution in [2.75, 3.05) is 12.4 Å². The Hall–Kier alpha value is 0.615. The number of rotatable bonds is 12. The molecule has 1 aromatic carbocycles. The second-order valence-corrected chi connectivity index (χ2v) is 11.0. The van der Waals surface area contributed by atoms with E-state index in [9.17, 15) is 14.4 Å². The van der Waals surface area contributed by atoms with E-state index in [0.717, 1.165) is 5.33 Å². The van der Waals surface area contributed by atoms with Crippen molar-refractivity contribution in [2.45, 2.75) is 51.8 Å². The number of nitrogens with zero attached hydrogens (tertiary/aromatic N) is 3. The molecule has 2 rings (SSSR count). The molecule has 0 spiro atoms. The van der Waals surface area contributed by atoms with Crippen LogP contribution in [0.5, 0.6) is 0 Å². The van der Waals surface area contributed by atoms with Crippen molar-refractivity contribution in [2.24, 2.45) is 5.41 Å². The van der Waals surface area contributed by atoms with Crippen LogP contribution in [0.3, 0.4) is 0 Å². The molecule has 1 unspecified atom stereocenters. The van der Waals surface area contributed by atoms with Crippen LogP contribution in [0.2, 0.25) is 6.04 Å². The van der Waals surface area contributed by atoms with Crippen LogP contribution < -0.4 is 0 Å². The molecule has 32 heavy (non-hydrogen) atoms. The quantitative estimate of drug-likeness (QED) is 0.202. The number of alkyl halides is 1. The number of ether oxygens (including phenoxy) is 1. The van der Waals surface area contributed by atoms with Gasteiger partial charge in [0.05, 0.1) is 11.6 Å². The number of carbonyl (C=O) groups is 1. The predicted octanol–water partition coefficient (Wildman–Crippen LogP) is 2.87. The van der Waals surface area contributed by atoms with Crippen molar-refractivity contribution in [3.63, 3.8) is 0 Å². The Labute approximate surface area is 249 Å². The van der Waals surface area contributed by atoms with E-state index in [2.05, 4.69) is 42.8 Å². The summed E-state index contributed by atoms with van der Waals surface area (Å²) in [5, 5.41) is 8.76. The van der Waals surface area contributed by atoms with Crippen molar-refractivity contribution < 1.29 is 89.0 Å². The van der Waals surface area contributed by atoms with Gasteiger partial charge in [-0.1, -0.05) is 51.5 Å². The summed E-state index contributed by atoms with van der Waals surface area (Å²) in [5.41, 5.74) is 1.08. The average Bonchev–Trinajstić information content (AvgIpc) is 3.18. The van der Waals surface area contributed by atoms with Gasteiger partial charge >= 0.3 is 14.8 Å². The monoisotopic (exact) mass is 677 g/mol. The van der Waals surface area contributed by atoms with Crippen LogP contribution in [0, 0.1) is 5.41 Å². The zero-order valence-electron chi connectivity index (χ0n) is 18.8. The summed E-state index contributed by atoms with van der Waals surface area (Å²) in [6.07, 6.45) is 2.84. The number of carbonyl (C=O) groups excluding carboxylic acids is 1. The zero-order valence-corrected chi connectivity index (χ0v) is 27.0. The van der Waals surface area contributed by atoms with E-state index >= 15 is 0 Å². The Kier molecular flexibility index (Phi) is 15.9. The minimum atomic E-state index is -3.55. The fraction of sp³-hybridized carbons (Fsp3) is 0.550. The van der Waals surface area contributed by atoms with E-state index in [1.165, 1.54) is 12.7 Å². The molecule has 8 nitrogen and oxygen atoms in total. The molecule has 2 radical (unpaired) electrons. The van der Waals surface area contributed by atoms with Crippen molar-refractivity contribution in [3.05, 3.63) is 47.8 Å². The van der Waals surface area contributed by atoms with Crippen molar-refractivity contribution >= 4 is 30.7 Å². The summed E-state index contributed by atoms with van der Waals surface area (Å²) in [5.74, 6) is -0.0779. The van der Waals surface area contributed by atoms with E-state index in [4.69, 9.17) is 4.74 Å². The first kappa shape index (κ1) is 32.6. The van der Waals surface area contributed by atoms with Gasteiger partial charge in [0.2, 0.25) is 0 Å². The first-order chi connectivity index (χ1) is 14.2. The van der Waals surface area contributed by atoms with Crippen LogP contribution in [-0.2, 0) is 92.5 Å². The molecule has 0 saturated heterocycles. The summed E-state index contributed by atoms with van der Waals surface area (Å²) in [4.78, 5) is 31.8. The van der Waals surface area contributed by atoms with Crippen LogP contribution in [0.15, 0.2) is 36.5 Å². The van der Waals surface area contributed by atoms with Gasteiger partial charge in [0.25, 0.3) is 0 Å². The second kappa shape index (κ2) is 15.6. The standard InChI is InChI=1S/C20H30BrN3O5Si.2Y/c1-20(2,12-17(13-21)16-8-5-4-6-9-16)19(25)29-15-18-14-24(23-22-18)10-7-11-30(26,27)28-3;;/h4-6,8-9,14,17,26-27H,7,10-13,15H2,1-3H3;;. The Morgan fingerprint density at radius 3 is 2.50 bits per heavy atom. The third-order valence-corrected chi connectivity index (χ3v) is 7.36. The molecule has 12 heteroatoms. The average molecular weight is 678 g/mol. The maximum Gasteiger partial charge on any atom is 0.495 e. The van der Waals surface area contributed by atoms with Gasteiger partial charge in [-0.15, -0.1) is 5.10 Å². The number of aryl methyl sites for hydroxylation is 1. The van der Waals surface area contributed by atoms with Crippen molar-refractivity contribution in [1.82, 2.24) is 15.0 Å². The van der Waals surface area contributed by atoms with Gasteiger partial charge in [0, 0.05) is 90.4 Å². The number of aromatic nitrogens is 3. The van der Waals surface area contributed by atoms with Crippen LogP contribution in [0.4, 0.5) is 0 Å². The molecule has 0 aliphatic heterocycles. The molecule has 0 aliphatic carbocycles. The molecule has 0 bridgehead atoms. The SMILES string of the molecule is CO[Si](O)(O)CCCn1cc(COC(=O)C(C)(C)CC(CBr)c2ccccc2)nn1.[Y].[Y]. The maximum absolute atomic E-state index is 12.7. The molecule has 1 atom stereocenters. The molecule has 2 N–H and O–H groups in total. The molecule has 172 valence electrons. The number of hydrogen-bond donors (Lipinski definition) is 2. The van der Waals surface area contributed by atoms with E-state index in [1.807, 2.05) is 32.0 Å².